The number of ether oxygens (including phenoxy) is 2. The van der Waals surface area contributed by atoms with Crippen LogP contribution in [0, 0.1) is 0 Å². The smallest absolute Gasteiger partial charge is 0.123 e. The molecule has 0 fully saturated rings. The molecule has 0 saturated heterocycles. The summed E-state index contributed by atoms with van der Waals surface area (Å²) in [6, 6.07) is 16.5. The fourth-order valence-corrected chi connectivity index (χ4v) is 6.70. The van der Waals surface area contributed by atoms with Crippen LogP contribution >= 0.6 is 34.0 Å². The van der Waals surface area contributed by atoms with Crippen LogP contribution < -0.4 is 30.7 Å². The Balaban J connectivity index is 0.00000924. The minimum atomic E-state index is 0. The molecule has 2 aromatic rings. The van der Waals surface area contributed by atoms with E-state index in [0.717, 1.165) is 63.9 Å². The van der Waals surface area contributed by atoms with E-state index in [1.54, 1.807) is 14.2 Å². The number of rotatable bonds is 29. The molecule has 2 rings (SSSR count). The zero-order valence-corrected chi connectivity index (χ0v) is 29.3. The van der Waals surface area contributed by atoms with Crippen molar-refractivity contribution in [2.45, 2.75) is 77.3 Å². The number of halogens is 1. The molecule has 0 unspecified atom stereocenters. The van der Waals surface area contributed by atoms with Gasteiger partial charge in [0.15, 0.2) is 0 Å². The number of methoxy groups -OCH3 is 2. The Morgan fingerprint density at radius 2 is 0.814 bits per heavy atom. The molecule has 0 aromatic heterocycles. The van der Waals surface area contributed by atoms with Crippen molar-refractivity contribution >= 4 is 34.0 Å². The predicted octanol–water partition coefficient (Wildman–Crippen LogP) is 7.47. The Morgan fingerprint density at radius 3 is 1.21 bits per heavy atom. The van der Waals surface area contributed by atoms with Gasteiger partial charge in [0.05, 0.1) is 14.2 Å². The van der Waals surface area contributed by atoms with Gasteiger partial charge in [0.1, 0.15) is 11.5 Å². The molecule has 0 spiro atoms. The van der Waals surface area contributed by atoms with E-state index in [1.165, 1.54) is 86.8 Å². The second-order valence-electron chi connectivity index (χ2n) is 10.7. The second-order valence-corrected chi connectivity index (χ2v) is 13.4. The van der Waals surface area contributed by atoms with Crippen LogP contribution in [0.3, 0.4) is 0 Å². The molecule has 6 nitrogen and oxygen atoms in total. The van der Waals surface area contributed by atoms with Crippen LogP contribution in [0.25, 0.3) is 0 Å². The zero-order valence-electron chi connectivity index (χ0n) is 26.8. The van der Waals surface area contributed by atoms with Gasteiger partial charge in [-0.15, -0.1) is 12.4 Å². The van der Waals surface area contributed by atoms with Gasteiger partial charge in [0, 0.05) is 48.8 Å². The molecule has 0 bridgehead atoms. The molecule has 9 heteroatoms. The molecule has 0 radical (unpaired) electrons. The maximum Gasteiger partial charge on any atom is 0.123 e. The monoisotopic (exact) mass is 654 g/mol. The third-order valence-corrected chi connectivity index (χ3v) is 9.65. The van der Waals surface area contributed by atoms with Gasteiger partial charge in [-0.05, 0) is 64.0 Å². The standard InChI is InChI=1S/C34H58N4O2S2.ClH/c1-39-33-19-11-9-17-31(33)29-37-23-15-7-3-5-13-21-35-25-27-41-42-28-26-36-22-14-6-4-8-16-24-38-30-32-18-10-12-20-34(32)40-2;/h9-12,17-20,35-38H,3-8,13-16,21-30H2,1-2H3;1H. The Hall–Kier alpha value is -1.13. The molecule has 0 saturated carbocycles. The highest BCUT2D eigenvalue weighted by molar-refractivity contribution is 8.76. The van der Waals surface area contributed by atoms with Crippen molar-refractivity contribution in [2.75, 3.05) is 65.0 Å². The van der Waals surface area contributed by atoms with E-state index in [4.69, 9.17) is 9.47 Å². The van der Waals surface area contributed by atoms with Gasteiger partial charge in [0.25, 0.3) is 0 Å². The molecule has 0 aliphatic heterocycles. The van der Waals surface area contributed by atoms with Crippen molar-refractivity contribution in [2.24, 2.45) is 0 Å². The van der Waals surface area contributed by atoms with E-state index < -0.39 is 0 Å². The largest absolute Gasteiger partial charge is 0.496 e. The molecule has 43 heavy (non-hydrogen) atoms. The van der Waals surface area contributed by atoms with Gasteiger partial charge in [-0.2, -0.15) is 0 Å². The van der Waals surface area contributed by atoms with Crippen molar-refractivity contribution in [1.29, 1.82) is 0 Å². The molecule has 0 atom stereocenters. The number of benzene rings is 2. The highest BCUT2D eigenvalue weighted by atomic mass is 35.5. The molecule has 0 aliphatic carbocycles. The summed E-state index contributed by atoms with van der Waals surface area (Å²) in [5, 5.41) is 14.3. The van der Waals surface area contributed by atoms with E-state index in [9.17, 15) is 0 Å². The lowest BCUT2D eigenvalue weighted by Gasteiger charge is -2.09. The number of hydrogen-bond acceptors (Lipinski definition) is 8. The summed E-state index contributed by atoms with van der Waals surface area (Å²) in [5.74, 6) is 4.33. The van der Waals surface area contributed by atoms with Gasteiger partial charge < -0.3 is 30.7 Å². The lowest BCUT2D eigenvalue weighted by molar-refractivity contribution is 0.407. The van der Waals surface area contributed by atoms with E-state index in [2.05, 4.69) is 45.5 Å². The molecule has 0 heterocycles. The summed E-state index contributed by atoms with van der Waals surface area (Å²) in [4.78, 5) is 0. The molecule has 0 amide bonds. The minimum Gasteiger partial charge on any atom is -0.496 e. The highest BCUT2D eigenvalue weighted by Crippen LogP contribution is 2.19. The number of hydrogen-bond donors (Lipinski definition) is 4. The van der Waals surface area contributed by atoms with Crippen LogP contribution in [0.2, 0.25) is 0 Å². The first kappa shape index (κ1) is 39.9. The van der Waals surface area contributed by atoms with Crippen molar-refractivity contribution in [3.05, 3.63) is 59.7 Å². The first-order chi connectivity index (χ1) is 20.8. The average molecular weight is 655 g/mol. The quantitative estimate of drug-likeness (QED) is 0.0532. The van der Waals surface area contributed by atoms with E-state index in [0.29, 0.717) is 0 Å². The SMILES string of the molecule is COc1ccccc1CNCCCCCCCNCCSSCCNCCCCCCCNCc1ccccc1OC.Cl. The fraction of sp³-hybridized carbons (Fsp3) is 0.647. The number of para-hydroxylation sites is 2. The van der Waals surface area contributed by atoms with Crippen molar-refractivity contribution < 1.29 is 9.47 Å². The predicted molar refractivity (Wildman–Crippen MR) is 193 cm³/mol. The maximum absolute atomic E-state index is 5.41. The lowest BCUT2D eigenvalue weighted by atomic mass is 10.1. The lowest BCUT2D eigenvalue weighted by Crippen LogP contribution is -2.19. The van der Waals surface area contributed by atoms with Crippen LogP contribution in [-0.4, -0.2) is 65.0 Å². The summed E-state index contributed by atoms with van der Waals surface area (Å²) in [5.41, 5.74) is 2.47. The maximum atomic E-state index is 5.41. The minimum absolute atomic E-state index is 0. The Kier molecular flexibility index (Phi) is 27.4. The van der Waals surface area contributed by atoms with E-state index >= 15 is 0 Å². The van der Waals surface area contributed by atoms with Gasteiger partial charge in [-0.3, -0.25) is 0 Å². The highest BCUT2D eigenvalue weighted by Gasteiger charge is 2.02. The summed E-state index contributed by atoms with van der Waals surface area (Å²) >= 11 is 0. The topological polar surface area (TPSA) is 66.6 Å². The third-order valence-electron chi connectivity index (χ3n) is 7.24. The van der Waals surface area contributed by atoms with Crippen LogP contribution in [0.1, 0.15) is 75.3 Å². The summed E-state index contributed by atoms with van der Waals surface area (Å²) < 4.78 is 10.8. The van der Waals surface area contributed by atoms with Crippen LogP contribution in [-0.2, 0) is 13.1 Å². The second kappa shape index (κ2) is 29.6. The molecule has 2 aromatic carbocycles. The molecular weight excluding hydrogens is 596 g/mol. The van der Waals surface area contributed by atoms with E-state index in [-0.39, 0.29) is 12.4 Å². The van der Waals surface area contributed by atoms with Crippen molar-refractivity contribution in [3.8, 4) is 11.5 Å². The molecule has 0 aliphatic rings. The van der Waals surface area contributed by atoms with Gasteiger partial charge in [-0.1, -0.05) is 96.5 Å². The van der Waals surface area contributed by atoms with Crippen molar-refractivity contribution in [1.82, 2.24) is 21.3 Å². The third kappa shape index (κ3) is 21.3. The first-order valence-corrected chi connectivity index (χ1v) is 18.6. The number of unbranched alkanes of at least 4 members (excludes halogenated alkanes) is 8. The zero-order chi connectivity index (χ0) is 29.8. The Labute approximate surface area is 277 Å². The van der Waals surface area contributed by atoms with Gasteiger partial charge in [0.2, 0.25) is 0 Å². The number of nitrogens with one attached hydrogen (secondary N) is 4. The normalized spacial score (nSPS) is 10.9. The summed E-state index contributed by atoms with van der Waals surface area (Å²) in [6.07, 6.45) is 13.0. The Morgan fingerprint density at radius 1 is 0.465 bits per heavy atom. The summed E-state index contributed by atoms with van der Waals surface area (Å²) in [6.45, 7) is 8.46. The van der Waals surface area contributed by atoms with Crippen LogP contribution in [0.15, 0.2) is 48.5 Å². The van der Waals surface area contributed by atoms with Gasteiger partial charge in [-0.25, -0.2) is 0 Å². The molecular formula is C34H59ClN4O2S2. The molecule has 246 valence electrons. The van der Waals surface area contributed by atoms with Crippen LogP contribution in [0.5, 0.6) is 11.5 Å². The molecule has 4 N–H and O–H groups in total. The first-order valence-electron chi connectivity index (χ1n) is 16.2. The Bertz CT molecular complexity index is 825. The summed E-state index contributed by atoms with van der Waals surface area (Å²) in [7, 11) is 7.48. The average Bonchev–Trinajstić information content (AvgIpc) is 3.03. The van der Waals surface area contributed by atoms with Gasteiger partial charge >= 0.3 is 0 Å². The van der Waals surface area contributed by atoms with Crippen molar-refractivity contribution in [3.63, 3.8) is 0 Å². The fourth-order valence-electron chi connectivity index (χ4n) is 4.80. The van der Waals surface area contributed by atoms with Crippen LogP contribution in [0.4, 0.5) is 0 Å². The van der Waals surface area contributed by atoms with E-state index in [1.807, 2.05) is 45.9 Å².